The first-order valence-corrected chi connectivity index (χ1v) is 3.25. The molecule has 0 aromatic rings. The molecule has 1 atom stereocenters. The second-order valence-electron chi connectivity index (χ2n) is 2.24. The molecule has 0 amide bonds. The van der Waals surface area contributed by atoms with E-state index in [9.17, 15) is 0 Å². The smallest absolute Gasteiger partial charge is 0.122 e. The Hall–Kier alpha value is -0.730. The first-order chi connectivity index (χ1) is 4.22. The molecule has 1 unspecified atom stereocenters. The van der Waals surface area contributed by atoms with Crippen LogP contribution in [0.3, 0.4) is 0 Å². The van der Waals surface area contributed by atoms with Gasteiger partial charge in [0.25, 0.3) is 0 Å². The van der Waals surface area contributed by atoms with Crippen LogP contribution < -0.4 is 11.6 Å². The SMILES string of the molecule is CCCC(C)/C(N)=N/N. The number of hydrogen-bond donors (Lipinski definition) is 2. The average molecular weight is 129 g/mol. The van der Waals surface area contributed by atoms with Crippen molar-refractivity contribution >= 4 is 5.84 Å². The fourth-order valence-electron chi connectivity index (χ4n) is 0.708. The minimum Gasteiger partial charge on any atom is -0.386 e. The molecule has 0 aliphatic heterocycles. The van der Waals surface area contributed by atoms with Crippen molar-refractivity contribution in [1.82, 2.24) is 0 Å². The third kappa shape index (κ3) is 2.95. The molecule has 0 saturated heterocycles. The van der Waals surface area contributed by atoms with Gasteiger partial charge in [-0.05, 0) is 6.42 Å². The number of nitrogens with zero attached hydrogens (tertiary/aromatic N) is 1. The molecule has 0 aliphatic rings. The summed E-state index contributed by atoms with van der Waals surface area (Å²) in [5, 5.41) is 3.40. The molecule has 0 aromatic heterocycles. The van der Waals surface area contributed by atoms with Gasteiger partial charge in [0.05, 0.1) is 0 Å². The molecule has 0 heterocycles. The Kier molecular flexibility index (Phi) is 3.84. The van der Waals surface area contributed by atoms with Gasteiger partial charge in [-0.15, -0.1) is 0 Å². The van der Waals surface area contributed by atoms with Crippen molar-refractivity contribution in [2.75, 3.05) is 0 Å². The number of amidine groups is 1. The van der Waals surface area contributed by atoms with Crippen LogP contribution in [0.4, 0.5) is 0 Å². The van der Waals surface area contributed by atoms with E-state index in [1.165, 1.54) is 0 Å². The normalized spacial score (nSPS) is 15.6. The highest BCUT2D eigenvalue weighted by Gasteiger charge is 2.03. The van der Waals surface area contributed by atoms with Gasteiger partial charge in [0.15, 0.2) is 0 Å². The monoisotopic (exact) mass is 129 g/mol. The standard InChI is InChI=1S/C6H15N3/c1-3-4-5(2)6(7)9-8/h5H,3-4,8H2,1-2H3,(H2,7,9). The van der Waals surface area contributed by atoms with Crippen LogP contribution in [0.1, 0.15) is 26.7 Å². The lowest BCUT2D eigenvalue weighted by atomic mass is 10.1. The molecule has 0 fully saturated rings. The van der Waals surface area contributed by atoms with E-state index < -0.39 is 0 Å². The summed E-state index contributed by atoms with van der Waals surface area (Å²) in [5.74, 6) is 5.85. The summed E-state index contributed by atoms with van der Waals surface area (Å²) in [6, 6.07) is 0. The molecule has 3 nitrogen and oxygen atoms in total. The Morgan fingerprint density at radius 1 is 1.67 bits per heavy atom. The van der Waals surface area contributed by atoms with E-state index in [0.29, 0.717) is 11.8 Å². The maximum absolute atomic E-state index is 5.43. The summed E-state index contributed by atoms with van der Waals surface area (Å²) < 4.78 is 0. The van der Waals surface area contributed by atoms with Gasteiger partial charge in [-0.1, -0.05) is 20.3 Å². The number of nitrogens with two attached hydrogens (primary N) is 2. The molecule has 4 N–H and O–H groups in total. The van der Waals surface area contributed by atoms with Crippen molar-refractivity contribution in [3.05, 3.63) is 0 Å². The van der Waals surface area contributed by atoms with Crippen molar-refractivity contribution in [1.29, 1.82) is 0 Å². The fraction of sp³-hybridized carbons (Fsp3) is 0.833. The van der Waals surface area contributed by atoms with E-state index >= 15 is 0 Å². The summed E-state index contributed by atoms with van der Waals surface area (Å²) >= 11 is 0. The van der Waals surface area contributed by atoms with E-state index in [1.807, 2.05) is 6.92 Å². The highest BCUT2D eigenvalue weighted by Crippen LogP contribution is 2.03. The maximum atomic E-state index is 5.43. The van der Waals surface area contributed by atoms with Crippen LogP contribution in [0.15, 0.2) is 5.10 Å². The van der Waals surface area contributed by atoms with Gasteiger partial charge >= 0.3 is 0 Å². The molecular weight excluding hydrogens is 114 g/mol. The lowest BCUT2D eigenvalue weighted by Gasteiger charge is -2.06. The molecule has 0 rings (SSSR count). The topological polar surface area (TPSA) is 64.4 Å². The molecule has 0 radical (unpaired) electrons. The molecule has 0 aliphatic carbocycles. The predicted molar refractivity (Wildman–Crippen MR) is 39.9 cm³/mol. The maximum Gasteiger partial charge on any atom is 0.122 e. The molecule has 0 saturated carbocycles. The van der Waals surface area contributed by atoms with E-state index in [4.69, 9.17) is 11.6 Å². The Balaban J connectivity index is 3.59. The number of rotatable bonds is 3. The lowest BCUT2D eigenvalue weighted by Crippen LogP contribution is -2.22. The zero-order valence-electron chi connectivity index (χ0n) is 6.09. The Morgan fingerprint density at radius 2 is 2.22 bits per heavy atom. The lowest BCUT2D eigenvalue weighted by molar-refractivity contribution is 0.659. The first-order valence-electron chi connectivity index (χ1n) is 3.25. The van der Waals surface area contributed by atoms with Crippen molar-refractivity contribution < 1.29 is 0 Å². The minimum absolute atomic E-state index is 0.333. The molecule has 0 aromatic carbocycles. The van der Waals surface area contributed by atoms with Gasteiger partial charge in [-0.2, -0.15) is 5.10 Å². The molecule has 54 valence electrons. The zero-order chi connectivity index (χ0) is 7.28. The minimum atomic E-state index is 0.333. The average Bonchev–Trinajstić information content (AvgIpc) is 1.87. The van der Waals surface area contributed by atoms with Crippen LogP contribution >= 0.6 is 0 Å². The highest BCUT2D eigenvalue weighted by atomic mass is 15.2. The van der Waals surface area contributed by atoms with Crippen LogP contribution in [0.2, 0.25) is 0 Å². The van der Waals surface area contributed by atoms with E-state index in [1.54, 1.807) is 0 Å². The summed E-state index contributed by atoms with van der Waals surface area (Å²) in [6.07, 6.45) is 2.18. The van der Waals surface area contributed by atoms with Crippen molar-refractivity contribution in [2.24, 2.45) is 22.6 Å². The van der Waals surface area contributed by atoms with Crippen LogP contribution in [0.5, 0.6) is 0 Å². The van der Waals surface area contributed by atoms with E-state index in [2.05, 4.69) is 12.0 Å². The van der Waals surface area contributed by atoms with Crippen molar-refractivity contribution in [2.45, 2.75) is 26.7 Å². The number of hydrazone groups is 1. The Morgan fingerprint density at radius 3 is 2.56 bits per heavy atom. The molecule has 3 heteroatoms. The largest absolute Gasteiger partial charge is 0.386 e. The Labute approximate surface area is 56.1 Å². The molecule has 0 spiro atoms. The quantitative estimate of drug-likeness (QED) is 0.254. The van der Waals surface area contributed by atoms with Gasteiger partial charge in [0.1, 0.15) is 5.84 Å². The predicted octanol–water partition coefficient (Wildman–Crippen LogP) is 0.654. The van der Waals surface area contributed by atoms with E-state index in [0.717, 1.165) is 12.8 Å². The zero-order valence-corrected chi connectivity index (χ0v) is 6.09. The summed E-state index contributed by atoms with van der Waals surface area (Å²) in [7, 11) is 0. The van der Waals surface area contributed by atoms with Gasteiger partial charge < -0.3 is 11.6 Å². The van der Waals surface area contributed by atoms with Gasteiger partial charge in [0.2, 0.25) is 0 Å². The van der Waals surface area contributed by atoms with Crippen LogP contribution in [0.25, 0.3) is 0 Å². The third-order valence-electron chi connectivity index (χ3n) is 1.38. The van der Waals surface area contributed by atoms with Crippen molar-refractivity contribution in [3.63, 3.8) is 0 Å². The molecular formula is C6H15N3. The second kappa shape index (κ2) is 4.18. The number of hydrogen-bond acceptors (Lipinski definition) is 2. The van der Waals surface area contributed by atoms with Crippen LogP contribution in [0, 0.1) is 5.92 Å². The Bertz CT molecular complexity index is 98.5. The third-order valence-corrected chi connectivity index (χ3v) is 1.38. The molecule has 0 bridgehead atoms. The van der Waals surface area contributed by atoms with Crippen molar-refractivity contribution in [3.8, 4) is 0 Å². The fourth-order valence-corrected chi connectivity index (χ4v) is 0.708. The van der Waals surface area contributed by atoms with Crippen LogP contribution in [-0.2, 0) is 0 Å². The summed E-state index contributed by atoms with van der Waals surface area (Å²) in [6.45, 7) is 4.13. The van der Waals surface area contributed by atoms with Gasteiger partial charge in [-0.25, -0.2) is 0 Å². The second-order valence-corrected chi connectivity index (χ2v) is 2.24. The summed E-state index contributed by atoms with van der Waals surface area (Å²) in [5.41, 5.74) is 5.43. The molecule has 9 heavy (non-hydrogen) atoms. The van der Waals surface area contributed by atoms with Gasteiger partial charge in [0, 0.05) is 5.92 Å². The van der Waals surface area contributed by atoms with Crippen LogP contribution in [-0.4, -0.2) is 5.84 Å². The summed E-state index contributed by atoms with van der Waals surface area (Å²) in [4.78, 5) is 0. The highest BCUT2D eigenvalue weighted by molar-refractivity contribution is 5.82. The van der Waals surface area contributed by atoms with E-state index in [-0.39, 0.29) is 0 Å². The van der Waals surface area contributed by atoms with Gasteiger partial charge in [-0.3, -0.25) is 0 Å². The first kappa shape index (κ1) is 8.27.